The molecule has 2 atom stereocenters. The molecule has 1 fully saturated rings. The van der Waals surface area contributed by atoms with Crippen LogP contribution >= 0.6 is 0 Å². The third-order valence-electron chi connectivity index (χ3n) is 2.62. The minimum Gasteiger partial charge on any atom is -0.355 e. The Morgan fingerprint density at radius 2 is 2.40 bits per heavy atom. The van der Waals surface area contributed by atoms with Crippen molar-refractivity contribution in [3.63, 3.8) is 0 Å². The average molecular weight is 232 g/mol. The summed E-state index contributed by atoms with van der Waals surface area (Å²) in [5, 5.41) is 6.05. The summed E-state index contributed by atoms with van der Waals surface area (Å²) >= 11 is 0. The van der Waals surface area contributed by atoms with Gasteiger partial charge >= 0.3 is 0 Å². The number of carbonyl (C=O) groups excluding carboxylic acids is 1. The summed E-state index contributed by atoms with van der Waals surface area (Å²) in [5.74, 6) is 1.45. The first-order valence-electron chi connectivity index (χ1n) is 5.57. The molecule has 2 N–H and O–H groups in total. The number of piperidine rings is 1. The van der Waals surface area contributed by atoms with E-state index in [2.05, 4.69) is 10.6 Å². The number of nitrogens with one attached hydrogen (secondary N) is 2. The topological polar surface area (TPSA) is 58.2 Å². The van der Waals surface area contributed by atoms with Crippen LogP contribution in [0.2, 0.25) is 0 Å². The van der Waals surface area contributed by atoms with E-state index in [1.807, 2.05) is 6.92 Å². The first-order valence-corrected chi connectivity index (χ1v) is 7.06. The van der Waals surface area contributed by atoms with Crippen molar-refractivity contribution in [2.24, 2.45) is 5.92 Å². The van der Waals surface area contributed by atoms with Crippen molar-refractivity contribution >= 4 is 16.7 Å². The molecule has 1 heterocycles. The summed E-state index contributed by atoms with van der Waals surface area (Å²) in [6.07, 6.45) is 2.04. The van der Waals surface area contributed by atoms with Gasteiger partial charge in [-0.3, -0.25) is 9.00 Å². The summed E-state index contributed by atoms with van der Waals surface area (Å²) in [4.78, 5) is 11.6. The van der Waals surface area contributed by atoms with Crippen LogP contribution in [0.3, 0.4) is 0 Å². The van der Waals surface area contributed by atoms with E-state index in [0.717, 1.165) is 25.9 Å². The van der Waals surface area contributed by atoms with Gasteiger partial charge < -0.3 is 10.6 Å². The van der Waals surface area contributed by atoms with Crippen LogP contribution in [-0.2, 0) is 15.6 Å². The Kier molecular flexibility index (Phi) is 5.86. The summed E-state index contributed by atoms with van der Waals surface area (Å²) in [7, 11) is -0.779. The van der Waals surface area contributed by atoms with E-state index in [4.69, 9.17) is 0 Å². The molecular formula is C10H20N2O2S. The first-order chi connectivity index (χ1) is 7.24. The Labute approximate surface area is 93.7 Å². The zero-order chi connectivity index (χ0) is 11.1. The predicted octanol–water partition coefficient (Wildman–Crippen LogP) is -0.129. The van der Waals surface area contributed by atoms with Crippen molar-refractivity contribution in [2.75, 3.05) is 31.1 Å². The molecule has 1 aliphatic rings. The van der Waals surface area contributed by atoms with Gasteiger partial charge in [-0.05, 0) is 19.4 Å². The van der Waals surface area contributed by atoms with Gasteiger partial charge in [0.15, 0.2) is 0 Å². The zero-order valence-electron chi connectivity index (χ0n) is 9.25. The monoisotopic (exact) mass is 232 g/mol. The molecule has 0 aromatic heterocycles. The van der Waals surface area contributed by atoms with Gasteiger partial charge in [-0.2, -0.15) is 0 Å². The number of hydrogen-bond donors (Lipinski definition) is 2. The Morgan fingerprint density at radius 1 is 1.60 bits per heavy atom. The third kappa shape index (κ3) is 4.75. The molecule has 0 aromatic rings. The lowest BCUT2D eigenvalue weighted by atomic mass is 9.99. The molecule has 2 unspecified atom stereocenters. The van der Waals surface area contributed by atoms with Gasteiger partial charge in [0.25, 0.3) is 0 Å². The highest BCUT2D eigenvalue weighted by Gasteiger charge is 2.20. The second-order valence-corrected chi connectivity index (χ2v) is 5.63. The molecule has 0 aliphatic carbocycles. The zero-order valence-corrected chi connectivity index (χ0v) is 10.1. The molecule has 5 heteroatoms. The smallest absolute Gasteiger partial charge is 0.224 e. The summed E-state index contributed by atoms with van der Waals surface area (Å²) in [5.41, 5.74) is 0. The number of rotatable bonds is 5. The molecule has 0 bridgehead atoms. The van der Waals surface area contributed by atoms with E-state index < -0.39 is 10.8 Å². The standard InChI is InChI=1S/C10H20N2O2S/c1-2-15(14)7-6-12-10(13)9-4-3-5-11-8-9/h9,11H,2-8H2,1H3,(H,12,13). The SMILES string of the molecule is CCS(=O)CCNC(=O)C1CCCNC1. The third-order valence-corrected chi connectivity index (χ3v) is 3.92. The summed E-state index contributed by atoms with van der Waals surface area (Å²) in [6.45, 7) is 4.23. The van der Waals surface area contributed by atoms with Crippen molar-refractivity contribution < 1.29 is 9.00 Å². The van der Waals surface area contributed by atoms with Crippen LogP contribution in [0.15, 0.2) is 0 Å². The summed E-state index contributed by atoms with van der Waals surface area (Å²) in [6, 6.07) is 0. The molecule has 1 aliphatic heterocycles. The fourth-order valence-electron chi connectivity index (χ4n) is 1.65. The highest BCUT2D eigenvalue weighted by atomic mass is 32.2. The van der Waals surface area contributed by atoms with Gasteiger partial charge in [0.1, 0.15) is 0 Å². The Balaban J connectivity index is 2.14. The Hall–Kier alpha value is -0.420. The van der Waals surface area contributed by atoms with E-state index in [9.17, 15) is 9.00 Å². The molecule has 0 saturated carbocycles. The highest BCUT2D eigenvalue weighted by Crippen LogP contribution is 2.09. The van der Waals surface area contributed by atoms with E-state index >= 15 is 0 Å². The molecule has 1 amide bonds. The van der Waals surface area contributed by atoms with E-state index in [1.165, 1.54) is 0 Å². The quantitative estimate of drug-likeness (QED) is 0.694. The molecule has 88 valence electrons. The van der Waals surface area contributed by atoms with Gasteiger partial charge in [-0.15, -0.1) is 0 Å². The maximum absolute atomic E-state index is 11.6. The second-order valence-electron chi connectivity index (χ2n) is 3.77. The fraction of sp³-hybridized carbons (Fsp3) is 0.900. The molecule has 4 nitrogen and oxygen atoms in total. The van der Waals surface area contributed by atoms with Gasteiger partial charge in [0.2, 0.25) is 5.91 Å². The molecule has 15 heavy (non-hydrogen) atoms. The minimum absolute atomic E-state index is 0.105. The van der Waals surface area contributed by atoms with Crippen LogP contribution < -0.4 is 10.6 Å². The minimum atomic E-state index is -0.779. The van der Waals surface area contributed by atoms with Gasteiger partial charge in [0.05, 0.1) is 5.92 Å². The van der Waals surface area contributed by atoms with Gasteiger partial charge in [-0.1, -0.05) is 6.92 Å². The Bertz CT molecular complexity index is 227. The Morgan fingerprint density at radius 3 is 3.00 bits per heavy atom. The number of carbonyl (C=O) groups is 1. The molecule has 0 aromatic carbocycles. The normalized spacial score (nSPS) is 23.4. The maximum atomic E-state index is 11.6. The van der Waals surface area contributed by atoms with Crippen molar-refractivity contribution in [3.05, 3.63) is 0 Å². The van der Waals surface area contributed by atoms with Crippen LogP contribution in [0.1, 0.15) is 19.8 Å². The van der Waals surface area contributed by atoms with E-state index in [1.54, 1.807) is 0 Å². The lowest BCUT2D eigenvalue weighted by Gasteiger charge is -2.21. The van der Waals surface area contributed by atoms with E-state index in [0.29, 0.717) is 18.1 Å². The van der Waals surface area contributed by atoms with Crippen molar-refractivity contribution in [1.82, 2.24) is 10.6 Å². The largest absolute Gasteiger partial charge is 0.355 e. The molecule has 0 radical (unpaired) electrons. The van der Waals surface area contributed by atoms with Crippen LogP contribution in [0, 0.1) is 5.92 Å². The lowest BCUT2D eigenvalue weighted by Crippen LogP contribution is -2.41. The van der Waals surface area contributed by atoms with Gasteiger partial charge in [0, 0.05) is 35.4 Å². The van der Waals surface area contributed by atoms with E-state index in [-0.39, 0.29) is 11.8 Å². The molecular weight excluding hydrogens is 212 g/mol. The number of hydrogen-bond acceptors (Lipinski definition) is 3. The van der Waals surface area contributed by atoms with Gasteiger partial charge in [-0.25, -0.2) is 0 Å². The maximum Gasteiger partial charge on any atom is 0.224 e. The van der Waals surface area contributed by atoms with Crippen molar-refractivity contribution in [1.29, 1.82) is 0 Å². The second kappa shape index (κ2) is 6.95. The van der Waals surface area contributed by atoms with Crippen molar-refractivity contribution in [2.45, 2.75) is 19.8 Å². The first kappa shape index (κ1) is 12.6. The lowest BCUT2D eigenvalue weighted by molar-refractivity contribution is -0.125. The molecule has 0 spiro atoms. The predicted molar refractivity (Wildman–Crippen MR) is 62.2 cm³/mol. The average Bonchev–Trinajstić information content (AvgIpc) is 2.29. The van der Waals surface area contributed by atoms with Crippen LogP contribution in [-0.4, -0.2) is 41.3 Å². The summed E-state index contributed by atoms with van der Waals surface area (Å²) < 4.78 is 11.1. The van der Waals surface area contributed by atoms with Crippen LogP contribution in [0.4, 0.5) is 0 Å². The van der Waals surface area contributed by atoms with Crippen LogP contribution in [0.5, 0.6) is 0 Å². The van der Waals surface area contributed by atoms with Crippen molar-refractivity contribution in [3.8, 4) is 0 Å². The molecule has 1 saturated heterocycles. The number of amides is 1. The fourth-order valence-corrected chi connectivity index (χ4v) is 2.27. The van der Waals surface area contributed by atoms with Crippen LogP contribution in [0.25, 0.3) is 0 Å². The highest BCUT2D eigenvalue weighted by molar-refractivity contribution is 7.84. The molecule has 1 rings (SSSR count).